The third-order valence-corrected chi connectivity index (χ3v) is 6.78. The molecule has 0 bridgehead atoms. The predicted molar refractivity (Wildman–Crippen MR) is 151 cm³/mol. The third kappa shape index (κ3) is 17.8. The molecule has 5 heteroatoms. The molecule has 0 spiro atoms. The van der Waals surface area contributed by atoms with Crippen molar-refractivity contribution in [3.8, 4) is 11.5 Å². The van der Waals surface area contributed by atoms with Crippen LogP contribution in [0.4, 0.5) is 0 Å². The van der Waals surface area contributed by atoms with Gasteiger partial charge in [-0.15, -0.1) is 0 Å². The molecule has 0 unspecified atom stereocenters. The minimum Gasteiger partial charge on any atom is -0.490 e. The zero-order valence-corrected chi connectivity index (χ0v) is 23.1. The molecule has 0 atom stereocenters. The normalized spacial score (nSPS) is 11.1. The van der Waals surface area contributed by atoms with Crippen LogP contribution >= 0.6 is 0 Å². The zero-order valence-electron chi connectivity index (χ0n) is 23.1. The zero-order chi connectivity index (χ0) is 25.4. The van der Waals surface area contributed by atoms with Gasteiger partial charge in [-0.2, -0.15) is 0 Å². The van der Waals surface area contributed by atoms with Crippen LogP contribution in [0.1, 0.15) is 142 Å². The molecule has 0 aliphatic heterocycles. The molecule has 0 aliphatic rings. The SMILES string of the molecule is CCCCCCCCCCCCOc1ccc(B(O)O)cc1OCCCCCCCCCCCC. The van der Waals surface area contributed by atoms with Gasteiger partial charge in [0.05, 0.1) is 13.2 Å². The fourth-order valence-electron chi connectivity index (χ4n) is 4.46. The van der Waals surface area contributed by atoms with Crippen LogP contribution in [0.3, 0.4) is 0 Å². The minimum absolute atomic E-state index is 0.439. The summed E-state index contributed by atoms with van der Waals surface area (Å²) in [6.07, 6.45) is 25.9. The standard InChI is InChI=1S/C30H55BO4/c1-3-5-7-9-11-13-15-17-19-21-25-34-29-24-23-28(31(32)33)27-30(29)35-26-22-20-18-16-14-12-10-8-6-4-2/h23-24,27,32-33H,3-22,25-26H2,1-2H3. The Balaban J connectivity index is 2.21. The molecular formula is C30H55BO4. The van der Waals surface area contributed by atoms with E-state index in [0.29, 0.717) is 30.2 Å². The highest BCUT2D eigenvalue weighted by Crippen LogP contribution is 2.26. The van der Waals surface area contributed by atoms with Gasteiger partial charge in [-0.25, -0.2) is 0 Å². The van der Waals surface area contributed by atoms with Crippen LogP contribution in [0.2, 0.25) is 0 Å². The number of hydrogen-bond donors (Lipinski definition) is 2. The van der Waals surface area contributed by atoms with Gasteiger partial charge in [0.1, 0.15) is 0 Å². The summed E-state index contributed by atoms with van der Waals surface area (Å²) in [5.74, 6) is 1.33. The van der Waals surface area contributed by atoms with Crippen molar-refractivity contribution in [3.05, 3.63) is 18.2 Å². The van der Waals surface area contributed by atoms with Crippen LogP contribution in [-0.2, 0) is 0 Å². The maximum Gasteiger partial charge on any atom is 0.488 e. The first-order chi connectivity index (χ1) is 17.2. The second-order valence-electron chi connectivity index (χ2n) is 10.1. The summed E-state index contributed by atoms with van der Waals surface area (Å²) >= 11 is 0. The first-order valence-electron chi connectivity index (χ1n) is 14.9. The maximum atomic E-state index is 9.54. The molecule has 202 valence electrons. The van der Waals surface area contributed by atoms with E-state index in [0.717, 1.165) is 12.8 Å². The quantitative estimate of drug-likeness (QED) is 0.108. The number of unbranched alkanes of at least 4 members (excludes halogenated alkanes) is 18. The lowest BCUT2D eigenvalue weighted by Crippen LogP contribution is -2.29. The van der Waals surface area contributed by atoms with E-state index in [4.69, 9.17) is 9.47 Å². The molecule has 0 aromatic heterocycles. The van der Waals surface area contributed by atoms with Crippen LogP contribution in [0, 0.1) is 0 Å². The molecular weight excluding hydrogens is 435 g/mol. The summed E-state index contributed by atoms with van der Waals surface area (Å²) in [6.45, 7) is 5.83. The molecule has 0 saturated heterocycles. The highest BCUT2D eigenvalue weighted by atomic mass is 16.5. The van der Waals surface area contributed by atoms with Crippen LogP contribution in [-0.4, -0.2) is 30.4 Å². The van der Waals surface area contributed by atoms with Gasteiger partial charge in [0, 0.05) is 0 Å². The topological polar surface area (TPSA) is 58.9 Å². The Morgan fingerprint density at radius 2 is 0.886 bits per heavy atom. The summed E-state index contributed by atoms with van der Waals surface area (Å²) in [5.41, 5.74) is 0.439. The van der Waals surface area contributed by atoms with Crippen molar-refractivity contribution in [1.29, 1.82) is 0 Å². The largest absolute Gasteiger partial charge is 0.490 e. The number of ether oxygens (including phenoxy) is 2. The highest BCUT2D eigenvalue weighted by Gasteiger charge is 2.15. The van der Waals surface area contributed by atoms with Crippen molar-refractivity contribution in [3.63, 3.8) is 0 Å². The van der Waals surface area contributed by atoms with Gasteiger partial charge in [-0.1, -0.05) is 135 Å². The smallest absolute Gasteiger partial charge is 0.488 e. The van der Waals surface area contributed by atoms with E-state index in [9.17, 15) is 10.0 Å². The first-order valence-corrected chi connectivity index (χ1v) is 14.9. The van der Waals surface area contributed by atoms with Crippen molar-refractivity contribution in [2.24, 2.45) is 0 Å². The Labute approximate surface area is 217 Å². The molecule has 4 nitrogen and oxygen atoms in total. The third-order valence-electron chi connectivity index (χ3n) is 6.78. The number of benzene rings is 1. The van der Waals surface area contributed by atoms with Gasteiger partial charge < -0.3 is 19.5 Å². The summed E-state index contributed by atoms with van der Waals surface area (Å²) in [4.78, 5) is 0. The second-order valence-corrected chi connectivity index (χ2v) is 10.1. The van der Waals surface area contributed by atoms with Gasteiger partial charge >= 0.3 is 7.12 Å². The fourth-order valence-corrected chi connectivity index (χ4v) is 4.46. The first kappa shape index (κ1) is 31.8. The molecule has 35 heavy (non-hydrogen) atoms. The van der Waals surface area contributed by atoms with E-state index in [2.05, 4.69) is 13.8 Å². The van der Waals surface area contributed by atoms with Crippen molar-refractivity contribution >= 4 is 12.6 Å². The van der Waals surface area contributed by atoms with E-state index < -0.39 is 7.12 Å². The van der Waals surface area contributed by atoms with Crippen molar-refractivity contribution in [1.82, 2.24) is 0 Å². The molecule has 0 radical (unpaired) electrons. The molecule has 1 aromatic rings. The Morgan fingerprint density at radius 1 is 0.514 bits per heavy atom. The Morgan fingerprint density at radius 3 is 1.29 bits per heavy atom. The Bertz CT molecular complexity index is 594. The molecule has 0 fully saturated rings. The monoisotopic (exact) mass is 490 g/mol. The molecule has 1 rings (SSSR count). The Kier molecular flexibility index (Phi) is 21.1. The lowest BCUT2D eigenvalue weighted by atomic mass is 9.80. The van der Waals surface area contributed by atoms with E-state index in [1.807, 2.05) is 0 Å². The van der Waals surface area contributed by atoms with Gasteiger partial charge in [0.2, 0.25) is 0 Å². The van der Waals surface area contributed by atoms with Crippen LogP contribution in [0.25, 0.3) is 0 Å². The molecule has 0 saturated carbocycles. The summed E-state index contributed by atoms with van der Waals surface area (Å²) in [5, 5.41) is 19.1. The second kappa shape index (κ2) is 23.2. The summed E-state index contributed by atoms with van der Waals surface area (Å²) in [7, 11) is -1.49. The highest BCUT2D eigenvalue weighted by molar-refractivity contribution is 6.58. The molecule has 2 N–H and O–H groups in total. The van der Waals surface area contributed by atoms with E-state index in [1.54, 1.807) is 18.2 Å². The number of rotatable bonds is 25. The lowest BCUT2D eigenvalue weighted by Gasteiger charge is -2.14. The van der Waals surface area contributed by atoms with Crippen molar-refractivity contribution in [2.45, 2.75) is 142 Å². The van der Waals surface area contributed by atoms with E-state index in [-0.39, 0.29) is 0 Å². The molecule has 0 amide bonds. The van der Waals surface area contributed by atoms with Gasteiger partial charge in [0.25, 0.3) is 0 Å². The molecule has 0 heterocycles. The van der Waals surface area contributed by atoms with Crippen molar-refractivity contribution < 1.29 is 19.5 Å². The van der Waals surface area contributed by atoms with Gasteiger partial charge in [-0.05, 0) is 30.4 Å². The molecule has 0 aliphatic carbocycles. The van der Waals surface area contributed by atoms with Crippen LogP contribution in [0.15, 0.2) is 18.2 Å². The van der Waals surface area contributed by atoms with E-state index in [1.165, 1.54) is 116 Å². The summed E-state index contributed by atoms with van der Waals surface area (Å²) in [6, 6.07) is 5.21. The van der Waals surface area contributed by atoms with Gasteiger partial charge in [-0.3, -0.25) is 0 Å². The lowest BCUT2D eigenvalue weighted by molar-refractivity contribution is 0.258. The van der Waals surface area contributed by atoms with E-state index >= 15 is 0 Å². The molecule has 1 aromatic carbocycles. The van der Waals surface area contributed by atoms with Crippen LogP contribution < -0.4 is 14.9 Å². The van der Waals surface area contributed by atoms with Crippen LogP contribution in [0.5, 0.6) is 11.5 Å². The fraction of sp³-hybridized carbons (Fsp3) is 0.800. The minimum atomic E-state index is -1.49. The maximum absolute atomic E-state index is 9.54. The average Bonchev–Trinajstić information content (AvgIpc) is 2.86. The van der Waals surface area contributed by atoms with Gasteiger partial charge in [0.15, 0.2) is 11.5 Å². The van der Waals surface area contributed by atoms with Crippen molar-refractivity contribution in [2.75, 3.05) is 13.2 Å². The Hall–Kier alpha value is -1.20. The summed E-state index contributed by atoms with van der Waals surface area (Å²) < 4.78 is 12.0. The number of hydrogen-bond acceptors (Lipinski definition) is 4. The average molecular weight is 491 g/mol. The predicted octanol–water partition coefficient (Wildman–Crippen LogP) is 7.97.